The summed E-state index contributed by atoms with van der Waals surface area (Å²) in [7, 11) is 0. The lowest BCUT2D eigenvalue weighted by Gasteiger charge is -2.40. The molecule has 1 N–H and O–H groups in total. The number of piperazine rings is 1. The lowest BCUT2D eigenvalue weighted by Crippen LogP contribution is -2.56. The van der Waals surface area contributed by atoms with Gasteiger partial charge in [0.15, 0.2) is 0 Å². The van der Waals surface area contributed by atoms with Crippen molar-refractivity contribution in [3.05, 3.63) is 0 Å². The highest BCUT2D eigenvalue weighted by molar-refractivity contribution is 5.76. The Morgan fingerprint density at radius 3 is 2.75 bits per heavy atom. The Kier molecular flexibility index (Phi) is 4.86. The third-order valence-corrected chi connectivity index (χ3v) is 4.45. The van der Waals surface area contributed by atoms with Crippen molar-refractivity contribution in [3.8, 4) is 0 Å². The second-order valence-corrected chi connectivity index (χ2v) is 5.79. The van der Waals surface area contributed by atoms with Gasteiger partial charge in [-0.3, -0.25) is 9.69 Å². The van der Waals surface area contributed by atoms with Gasteiger partial charge in [0.2, 0.25) is 0 Å². The van der Waals surface area contributed by atoms with E-state index in [0.29, 0.717) is 12.6 Å². The number of carbonyl (C=O) groups excluding carboxylic acids is 1. The van der Waals surface area contributed by atoms with Gasteiger partial charge in [-0.15, -0.1) is 0 Å². The summed E-state index contributed by atoms with van der Waals surface area (Å²) in [5.74, 6) is -0.857. The number of hydrogen-bond acceptors (Lipinski definition) is 3. The molecule has 6 heteroatoms. The van der Waals surface area contributed by atoms with E-state index < -0.39 is 5.97 Å². The number of aliphatic carboxylic acids is 1. The molecule has 2 saturated heterocycles. The minimum atomic E-state index is -0.857. The van der Waals surface area contributed by atoms with E-state index in [2.05, 4.69) is 4.90 Å². The van der Waals surface area contributed by atoms with Crippen molar-refractivity contribution < 1.29 is 14.7 Å². The highest BCUT2D eigenvalue weighted by atomic mass is 16.4. The van der Waals surface area contributed by atoms with Crippen LogP contribution >= 0.6 is 0 Å². The lowest BCUT2D eigenvalue weighted by molar-refractivity contribution is -0.138. The van der Waals surface area contributed by atoms with Crippen LogP contribution in [0.3, 0.4) is 0 Å². The molecule has 6 nitrogen and oxygen atoms in total. The molecule has 0 bridgehead atoms. The van der Waals surface area contributed by atoms with Gasteiger partial charge in [0.25, 0.3) is 0 Å². The Labute approximate surface area is 120 Å². The molecule has 20 heavy (non-hydrogen) atoms. The molecule has 2 unspecified atom stereocenters. The van der Waals surface area contributed by atoms with E-state index in [0.717, 1.165) is 26.2 Å². The highest BCUT2D eigenvalue weighted by Crippen LogP contribution is 2.22. The average molecular weight is 283 g/mol. The van der Waals surface area contributed by atoms with Crippen LogP contribution in [-0.4, -0.2) is 76.6 Å². The number of hydrogen-bond donors (Lipinski definition) is 1. The zero-order chi connectivity index (χ0) is 14.7. The molecule has 0 aliphatic carbocycles. The lowest BCUT2D eigenvalue weighted by atomic mass is 10.1. The van der Waals surface area contributed by atoms with Crippen molar-refractivity contribution in [3.63, 3.8) is 0 Å². The van der Waals surface area contributed by atoms with Gasteiger partial charge in [-0.1, -0.05) is 0 Å². The van der Waals surface area contributed by atoms with Crippen molar-refractivity contribution >= 4 is 12.0 Å². The predicted molar refractivity (Wildman–Crippen MR) is 75.7 cm³/mol. The zero-order valence-corrected chi connectivity index (χ0v) is 12.4. The standard InChI is InChI=1S/C14H25N3O3/c1-3-17(11(2)9-13(18)19)14(20)16-8-7-15-6-4-5-12(15)10-16/h11-12H,3-10H2,1-2H3,(H,18,19). The predicted octanol–water partition coefficient (Wildman–Crippen LogP) is 1.07. The molecule has 2 aliphatic heterocycles. The summed E-state index contributed by atoms with van der Waals surface area (Å²) in [6.07, 6.45) is 2.39. The Morgan fingerprint density at radius 2 is 2.10 bits per heavy atom. The second-order valence-electron chi connectivity index (χ2n) is 5.79. The van der Waals surface area contributed by atoms with E-state index in [1.165, 1.54) is 12.8 Å². The van der Waals surface area contributed by atoms with Crippen molar-refractivity contribution in [1.82, 2.24) is 14.7 Å². The van der Waals surface area contributed by atoms with Crippen LogP contribution in [0.1, 0.15) is 33.1 Å². The summed E-state index contributed by atoms with van der Waals surface area (Å²) < 4.78 is 0. The van der Waals surface area contributed by atoms with Crippen molar-refractivity contribution in [2.24, 2.45) is 0 Å². The summed E-state index contributed by atoms with van der Waals surface area (Å²) >= 11 is 0. The number of amides is 2. The molecule has 0 saturated carbocycles. The summed E-state index contributed by atoms with van der Waals surface area (Å²) in [5, 5.41) is 8.89. The van der Waals surface area contributed by atoms with Gasteiger partial charge in [-0.05, 0) is 33.2 Å². The van der Waals surface area contributed by atoms with Gasteiger partial charge in [-0.2, -0.15) is 0 Å². The van der Waals surface area contributed by atoms with E-state index in [1.807, 2.05) is 11.8 Å². The van der Waals surface area contributed by atoms with E-state index in [4.69, 9.17) is 5.11 Å². The van der Waals surface area contributed by atoms with E-state index >= 15 is 0 Å². The summed E-state index contributed by atoms with van der Waals surface area (Å²) in [5.41, 5.74) is 0. The van der Waals surface area contributed by atoms with Gasteiger partial charge in [-0.25, -0.2) is 4.79 Å². The molecule has 0 aromatic heterocycles. The molecule has 2 amide bonds. The number of rotatable bonds is 4. The normalized spacial score (nSPS) is 24.3. The largest absolute Gasteiger partial charge is 0.481 e. The molecule has 2 fully saturated rings. The fourth-order valence-corrected chi connectivity index (χ4v) is 3.34. The molecule has 2 aliphatic rings. The summed E-state index contributed by atoms with van der Waals surface area (Å²) in [6.45, 7) is 7.91. The van der Waals surface area contributed by atoms with Crippen LogP contribution in [0.25, 0.3) is 0 Å². The van der Waals surface area contributed by atoms with Crippen molar-refractivity contribution in [2.75, 3.05) is 32.7 Å². The number of nitrogens with zero attached hydrogens (tertiary/aromatic N) is 3. The average Bonchev–Trinajstić information content (AvgIpc) is 2.85. The summed E-state index contributed by atoms with van der Waals surface area (Å²) in [4.78, 5) is 29.4. The first kappa shape index (κ1) is 15.1. The number of urea groups is 1. The molecular formula is C14H25N3O3. The number of fused-ring (bicyclic) bond motifs is 1. The third-order valence-electron chi connectivity index (χ3n) is 4.45. The van der Waals surface area contributed by atoms with Crippen LogP contribution in [0.5, 0.6) is 0 Å². The number of carbonyl (C=O) groups is 2. The molecule has 0 spiro atoms. The van der Waals surface area contributed by atoms with Gasteiger partial charge in [0.05, 0.1) is 6.42 Å². The van der Waals surface area contributed by atoms with Crippen LogP contribution in [0.2, 0.25) is 0 Å². The van der Waals surface area contributed by atoms with E-state index in [9.17, 15) is 9.59 Å². The first-order chi connectivity index (χ1) is 9.52. The van der Waals surface area contributed by atoms with E-state index in [-0.39, 0.29) is 18.5 Å². The maximum atomic E-state index is 12.6. The first-order valence-electron chi connectivity index (χ1n) is 7.54. The topological polar surface area (TPSA) is 64.1 Å². The summed E-state index contributed by atoms with van der Waals surface area (Å²) in [6, 6.07) is 0.237. The van der Waals surface area contributed by atoms with Crippen LogP contribution in [0, 0.1) is 0 Å². The van der Waals surface area contributed by atoms with Gasteiger partial charge in [0, 0.05) is 38.3 Å². The smallest absolute Gasteiger partial charge is 0.320 e. The molecule has 2 atom stereocenters. The van der Waals surface area contributed by atoms with Crippen LogP contribution < -0.4 is 0 Å². The molecule has 0 aromatic rings. The fourth-order valence-electron chi connectivity index (χ4n) is 3.34. The van der Waals surface area contributed by atoms with Gasteiger partial charge >= 0.3 is 12.0 Å². The Bertz CT molecular complexity index is 375. The minimum Gasteiger partial charge on any atom is -0.481 e. The second kappa shape index (κ2) is 6.43. The quantitative estimate of drug-likeness (QED) is 0.838. The van der Waals surface area contributed by atoms with Gasteiger partial charge in [0.1, 0.15) is 0 Å². The fraction of sp³-hybridized carbons (Fsp3) is 0.857. The van der Waals surface area contributed by atoms with Crippen LogP contribution in [0.15, 0.2) is 0 Å². The monoisotopic (exact) mass is 283 g/mol. The maximum absolute atomic E-state index is 12.6. The first-order valence-corrected chi connectivity index (χ1v) is 7.54. The molecule has 0 aromatic carbocycles. The van der Waals surface area contributed by atoms with Crippen LogP contribution in [0.4, 0.5) is 4.79 Å². The van der Waals surface area contributed by atoms with Crippen LogP contribution in [-0.2, 0) is 4.79 Å². The SMILES string of the molecule is CCN(C(=O)N1CCN2CCCC2C1)C(C)CC(=O)O. The number of carboxylic acid groups (broad SMARTS) is 1. The Morgan fingerprint density at radius 1 is 1.35 bits per heavy atom. The number of carboxylic acids is 1. The molecule has 2 rings (SSSR count). The third kappa shape index (κ3) is 3.23. The molecule has 114 valence electrons. The maximum Gasteiger partial charge on any atom is 0.320 e. The Balaban J connectivity index is 1.96. The molecule has 0 radical (unpaired) electrons. The van der Waals surface area contributed by atoms with Crippen molar-refractivity contribution in [1.29, 1.82) is 0 Å². The highest BCUT2D eigenvalue weighted by Gasteiger charge is 2.34. The minimum absolute atomic E-state index is 0.00295. The van der Waals surface area contributed by atoms with Gasteiger partial charge < -0.3 is 14.9 Å². The molecule has 2 heterocycles. The van der Waals surface area contributed by atoms with E-state index in [1.54, 1.807) is 11.8 Å². The zero-order valence-electron chi connectivity index (χ0n) is 12.4. The molecular weight excluding hydrogens is 258 g/mol. The Hall–Kier alpha value is -1.30. The van der Waals surface area contributed by atoms with Crippen molar-refractivity contribution in [2.45, 2.75) is 45.2 Å².